The Labute approximate surface area is 208 Å². The van der Waals surface area contributed by atoms with E-state index < -0.39 is 36.6 Å². The molecule has 6 N–H and O–H groups in total. The van der Waals surface area contributed by atoms with E-state index in [4.69, 9.17) is 14.6 Å². The minimum atomic E-state index is -1.79. The van der Waals surface area contributed by atoms with Crippen molar-refractivity contribution in [2.24, 2.45) is 5.92 Å². The first-order valence-electron chi connectivity index (χ1n) is 11.7. The second-order valence-corrected chi connectivity index (χ2v) is 8.71. The van der Waals surface area contributed by atoms with Crippen LogP contribution in [-0.2, 0) is 27.2 Å². The zero-order valence-electron chi connectivity index (χ0n) is 20.2. The smallest absolute Gasteiger partial charge is 0.256 e. The highest BCUT2D eigenvalue weighted by Crippen LogP contribution is 2.28. The largest absolute Gasteiger partial charge is 0.396 e. The molecule has 12 heteroatoms. The van der Waals surface area contributed by atoms with E-state index in [1.165, 1.54) is 0 Å². The standard InChI is InChI=1S/C24H34N4O8/c1-14(5-3-4-11-28-13-17(10-12-29)26-27-28)21(35-2)15-6-8-16(9-7-15)25-23(33)22-19(31)18(30)20(32)24(34)36-22/h3,5-9,13-14,18-22,24,29-32,34H,4,10-12H2,1-2H3,(H,25,33)/b5-3+/t14-,18-,19-,20+,21+,22-,24+/m0/s1. The number of nitrogens with zero attached hydrogens (tertiary/aromatic N) is 3. The molecule has 1 fully saturated rings. The molecule has 1 aromatic heterocycles. The van der Waals surface area contributed by atoms with Gasteiger partial charge in [0.15, 0.2) is 12.4 Å². The molecule has 7 atom stereocenters. The van der Waals surface area contributed by atoms with Crippen LogP contribution in [0.15, 0.2) is 42.6 Å². The zero-order valence-corrected chi connectivity index (χ0v) is 20.2. The van der Waals surface area contributed by atoms with Crippen molar-refractivity contribution in [2.45, 2.75) is 63.1 Å². The Morgan fingerprint density at radius 3 is 2.58 bits per heavy atom. The Hall–Kier alpha value is -2.71. The summed E-state index contributed by atoms with van der Waals surface area (Å²) in [5.41, 5.74) is 2.06. The van der Waals surface area contributed by atoms with E-state index in [1.54, 1.807) is 36.1 Å². The first-order valence-corrected chi connectivity index (χ1v) is 11.7. The lowest BCUT2D eigenvalue weighted by molar-refractivity contribution is -0.274. The van der Waals surface area contributed by atoms with Crippen LogP contribution in [-0.4, -0.2) is 90.9 Å². The highest BCUT2D eigenvalue weighted by Gasteiger charge is 2.46. The number of allylic oxidation sites excluding steroid dienone is 1. The minimum absolute atomic E-state index is 0.0409. The zero-order chi connectivity index (χ0) is 26.2. The molecule has 198 valence electrons. The first kappa shape index (κ1) is 27.9. The van der Waals surface area contributed by atoms with Crippen LogP contribution in [0.2, 0.25) is 0 Å². The maximum Gasteiger partial charge on any atom is 0.256 e. The van der Waals surface area contributed by atoms with E-state index in [0.29, 0.717) is 18.7 Å². The van der Waals surface area contributed by atoms with Crippen molar-refractivity contribution in [1.82, 2.24) is 15.0 Å². The number of carbonyl (C=O) groups excluding carboxylic acids is 1. The molecule has 1 amide bonds. The number of anilines is 1. The van der Waals surface area contributed by atoms with E-state index in [0.717, 1.165) is 17.7 Å². The Kier molecular flexibility index (Phi) is 10.1. The Morgan fingerprint density at radius 1 is 1.19 bits per heavy atom. The van der Waals surface area contributed by atoms with Crippen LogP contribution in [0.4, 0.5) is 5.69 Å². The Morgan fingerprint density at radius 2 is 1.92 bits per heavy atom. The molecule has 0 unspecified atom stereocenters. The summed E-state index contributed by atoms with van der Waals surface area (Å²) in [4.78, 5) is 12.5. The molecule has 0 aliphatic carbocycles. The third kappa shape index (κ3) is 6.95. The second kappa shape index (κ2) is 13.0. The number of aromatic nitrogens is 3. The molecule has 1 aliphatic heterocycles. The molecule has 3 rings (SSSR count). The van der Waals surface area contributed by atoms with Gasteiger partial charge in [-0.3, -0.25) is 9.48 Å². The molecule has 1 saturated heterocycles. The van der Waals surface area contributed by atoms with Crippen molar-refractivity contribution in [2.75, 3.05) is 19.0 Å². The van der Waals surface area contributed by atoms with Crippen LogP contribution in [0.1, 0.15) is 30.7 Å². The van der Waals surface area contributed by atoms with Crippen molar-refractivity contribution >= 4 is 11.6 Å². The van der Waals surface area contributed by atoms with Crippen molar-refractivity contribution in [3.63, 3.8) is 0 Å². The van der Waals surface area contributed by atoms with Gasteiger partial charge in [-0.15, -0.1) is 5.10 Å². The first-order chi connectivity index (χ1) is 17.2. The predicted molar refractivity (Wildman–Crippen MR) is 127 cm³/mol. The number of hydrogen-bond donors (Lipinski definition) is 6. The highest BCUT2D eigenvalue weighted by atomic mass is 16.6. The summed E-state index contributed by atoms with van der Waals surface area (Å²) in [6.07, 6.45) is -1.53. The number of hydrogen-bond acceptors (Lipinski definition) is 10. The molecule has 0 bridgehead atoms. The number of nitrogens with one attached hydrogen (secondary N) is 1. The van der Waals surface area contributed by atoms with Gasteiger partial charge in [-0.2, -0.15) is 0 Å². The van der Waals surface area contributed by atoms with Gasteiger partial charge < -0.3 is 40.3 Å². The van der Waals surface area contributed by atoms with Gasteiger partial charge in [0.05, 0.1) is 11.8 Å². The lowest BCUT2D eigenvalue weighted by atomic mass is 9.96. The summed E-state index contributed by atoms with van der Waals surface area (Å²) in [5, 5.41) is 58.5. The van der Waals surface area contributed by atoms with Crippen LogP contribution < -0.4 is 5.32 Å². The van der Waals surface area contributed by atoms with Crippen molar-refractivity contribution in [1.29, 1.82) is 0 Å². The summed E-state index contributed by atoms with van der Waals surface area (Å²) >= 11 is 0. The van der Waals surface area contributed by atoms with E-state index in [-0.39, 0.29) is 18.6 Å². The predicted octanol–water partition coefficient (Wildman–Crippen LogP) is -0.479. The van der Waals surface area contributed by atoms with Gasteiger partial charge in [-0.1, -0.05) is 36.4 Å². The van der Waals surface area contributed by atoms with Crippen LogP contribution in [0, 0.1) is 5.92 Å². The van der Waals surface area contributed by atoms with E-state index in [2.05, 4.69) is 21.7 Å². The summed E-state index contributed by atoms with van der Waals surface area (Å²) < 4.78 is 12.4. The molecule has 36 heavy (non-hydrogen) atoms. The third-order valence-electron chi connectivity index (χ3n) is 6.00. The average molecular weight is 507 g/mol. The maximum absolute atomic E-state index is 12.5. The molecule has 1 aromatic carbocycles. The normalized spacial score (nSPS) is 26.1. The van der Waals surface area contributed by atoms with Gasteiger partial charge in [0.25, 0.3) is 5.91 Å². The molecule has 0 spiro atoms. The molecule has 12 nitrogen and oxygen atoms in total. The molecule has 1 aliphatic rings. The van der Waals surface area contributed by atoms with Crippen LogP contribution in [0.25, 0.3) is 0 Å². The maximum atomic E-state index is 12.5. The summed E-state index contributed by atoms with van der Waals surface area (Å²) in [7, 11) is 1.62. The highest BCUT2D eigenvalue weighted by molar-refractivity contribution is 5.94. The fourth-order valence-corrected chi connectivity index (χ4v) is 4.00. The van der Waals surface area contributed by atoms with Crippen molar-refractivity contribution in [3.05, 3.63) is 53.9 Å². The number of methoxy groups -OCH3 is 1. The lowest BCUT2D eigenvalue weighted by Gasteiger charge is -2.37. The van der Waals surface area contributed by atoms with Gasteiger partial charge in [-0.25, -0.2) is 0 Å². The number of aliphatic hydroxyl groups excluding tert-OH is 5. The number of rotatable bonds is 11. The molecular weight excluding hydrogens is 472 g/mol. The average Bonchev–Trinajstić information content (AvgIpc) is 3.31. The van der Waals surface area contributed by atoms with Gasteiger partial charge in [0.1, 0.15) is 18.3 Å². The minimum Gasteiger partial charge on any atom is -0.396 e. The monoisotopic (exact) mass is 506 g/mol. The van der Waals surface area contributed by atoms with E-state index in [1.807, 2.05) is 19.2 Å². The van der Waals surface area contributed by atoms with Crippen LogP contribution >= 0.6 is 0 Å². The summed E-state index contributed by atoms with van der Waals surface area (Å²) in [5.74, 6) is -0.716. The molecule has 0 saturated carbocycles. The number of ether oxygens (including phenoxy) is 2. The number of carbonyl (C=O) groups is 1. The fraction of sp³-hybridized carbons (Fsp3) is 0.542. The number of aliphatic hydroxyl groups is 5. The van der Waals surface area contributed by atoms with Crippen LogP contribution in [0.3, 0.4) is 0 Å². The van der Waals surface area contributed by atoms with Crippen LogP contribution in [0.5, 0.6) is 0 Å². The summed E-state index contributed by atoms with van der Waals surface area (Å²) in [6, 6.07) is 6.94. The fourth-order valence-electron chi connectivity index (χ4n) is 4.00. The topological polar surface area (TPSA) is 179 Å². The number of aryl methyl sites for hydroxylation is 1. The van der Waals surface area contributed by atoms with Gasteiger partial charge in [0.2, 0.25) is 0 Å². The van der Waals surface area contributed by atoms with Crippen molar-refractivity contribution < 1.29 is 39.8 Å². The third-order valence-corrected chi connectivity index (χ3v) is 6.00. The molecule has 0 radical (unpaired) electrons. The lowest BCUT2D eigenvalue weighted by Crippen LogP contribution is -2.60. The molecule has 2 aromatic rings. The Balaban J connectivity index is 1.54. The molecule has 2 heterocycles. The quantitative estimate of drug-likeness (QED) is 0.218. The van der Waals surface area contributed by atoms with Crippen molar-refractivity contribution in [3.8, 4) is 0 Å². The van der Waals surface area contributed by atoms with E-state index >= 15 is 0 Å². The number of benzene rings is 1. The second-order valence-electron chi connectivity index (χ2n) is 8.71. The van der Waals surface area contributed by atoms with Gasteiger partial charge in [-0.05, 0) is 24.1 Å². The van der Waals surface area contributed by atoms with E-state index in [9.17, 15) is 25.2 Å². The van der Waals surface area contributed by atoms with Gasteiger partial charge in [0, 0.05) is 44.5 Å². The Bertz CT molecular complexity index is 998. The number of amides is 1. The molecular formula is C24H34N4O8. The SMILES string of the molecule is CO[C@@H](c1ccc(NC(=O)[C@H]2O[C@@H](O)[C@H](O)[C@@H](O)[C@@H]2O)cc1)[C@@H](C)/C=C/CCn1cc(CCO)nn1. The summed E-state index contributed by atoms with van der Waals surface area (Å²) in [6.45, 7) is 2.74. The van der Waals surface area contributed by atoms with Gasteiger partial charge >= 0.3 is 0 Å².